The molecule has 0 aromatic carbocycles. The number of hydrogen-bond donors (Lipinski definition) is 0. The molecule has 0 aliphatic heterocycles. The van der Waals surface area contributed by atoms with Gasteiger partial charge in [0.25, 0.3) is 0 Å². The van der Waals surface area contributed by atoms with Crippen molar-refractivity contribution >= 4 is 8.32 Å². The van der Waals surface area contributed by atoms with Crippen LogP contribution in [0.3, 0.4) is 0 Å². The third kappa shape index (κ3) is 7.25. The average Bonchev–Trinajstić information content (AvgIpc) is 3.21. The van der Waals surface area contributed by atoms with Gasteiger partial charge in [-0.1, -0.05) is 90.8 Å². The molecule has 3 aliphatic rings. The summed E-state index contributed by atoms with van der Waals surface area (Å²) in [4.78, 5) is 0. The van der Waals surface area contributed by atoms with E-state index < -0.39 is 8.32 Å². The van der Waals surface area contributed by atoms with Gasteiger partial charge in [0.15, 0.2) is 8.32 Å². The number of fused-ring (bicyclic) bond motifs is 1. The van der Waals surface area contributed by atoms with Crippen LogP contribution in [0.2, 0.25) is 18.1 Å². The van der Waals surface area contributed by atoms with E-state index in [1.54, 1.807) is 11.1 Å². The highest BCUT2D eigenvalue weighted by atomic mass is 28.4. The molecular weight excluding hydrogens is 440 g/mol. The van der Waals surface area contributed by atoms with Gasteiger partial charge in [-0.25, -0.2) is 0 Å². The molecule has 200 valence electrons. The van der Waals surface area contributed by atoms with Gasteiger partial charge >= 0.3 is 0 Å². The molecule has 0 radical (unpaired) electrons. The highest BCUT2D eigenvalue weighted by Crippen LogP contribution is 2.51. The Morgan fingerprint density at radius 3 is 2.23 bits per heavy atom. The van der Waals surface area contributed by atoms with Crippen molar-refractivity contribution in [3.63, 3.8) is 0 Å². The maximum Gasteiger partial charge on any atom is 0.192 e. The molecule has 35 heavy (non-hydrogen) atoms. The molecule has 0 unspecified atom stereocenters. The quantitative estimate of drug-likeness (QED) is 0.250. The fraction of sp³-hybridized carbons (Fsp3) is 0.818. The fourth-order valence-corrected chi connectivity index (χ4v) is 7.99. The number of rotatable bonds is 7. The number of allylic oxidation sites excluding steroid dienone is 5. The molecule has 0 aromatic heterocycles. The van der Waals surface area contributed by atoms with E-state index in [-0.39, 0.29) is 5.04 Å². The van der Waals surface area contributed by atoms with E-state index in [9.17, 15) is 0 Å². The lowest BCUT2D eigenvalue weighted by molar-refractivity contribution is 0.145. The van der Waals surface area contributed by atoms with Crippen molar-refractivity contribution in [2.75, 3.05) is 0 Å². The lowest BCUT2D eigenvalue weighted by atomic mass is 9.71. The van der Waals surface area contributed by atoms with Gasteiger partial charge in [0.05, 0.1) is 0 Å². The molecule has 1 nitrogen and oxygen atoms in total. The van der Waals surface area contributed by atoms with Crippen LogP contribution in [-0.2, 0) is 4.43 Å². The third-order valence-corrected chi connectivity index (χ3v) is 15.1. The Balaban J connectivity index is 1.67. The second-order valence-electron chi connectivity index (χ2n) is 14.4. The smallest absolute Gasteiger partial charge is 0.192 e. The highest BCUT2D eigenvalue weighted by molar-refractivity contribution is 6.74. The van der Waals surface area contributed by atoms with Crippen LogP contribution in [0.25, 0.3) is 0 Å². The monoisotopic (exact) mass is 498 g/mol. The van der Waals surface area contributed by atoms with E-state index in [2.05, 4.69) is 92.8 Å². The highest BCUT2D eigenvalue weighted by Gasteiger charge is 2.42. The predicted molar refractivity (Wildman–Crippen MR) is 157 cm³/mol. The minimum atomic E-state index is -1.70. The molecular formula is C33H58OSi. The summed E-state index contributed by atoms with van der Waals surface area (Å²) in [7, 11) is -1.70. The van der Waals surface area contributed by atoms with Gasteiger partial charge in [-0.3, -0.25) is 0 Å². The summed E-state index contributed by atoms with van der Waals surface area (Å²) in [5.41, 5.74) is 3.41. The van der Waals surface area contributed by atoms with Crippen molar-refractivity contribution in [1.82, 2.24) is 0 Å². The summed E-state index contributed by atoms with van der Waals surface area (Å²) >= 11 is 0. The molecule has 0 spiro atoms. The molecule has 7 atom stereocenters. The van der Waals surface area contributed by atoms with Gasteiger partial charge in [0.2, 0.25) is 0 Å². The van der Waals surface area contributed by atoms with Crippen LogP contribution in [-0.4, -0.2) is 14.4 Å². The summed E-state index contributed by atoms with van der Waals surface area (Å²) < 4.78 is 6.85. The molecule has 0 aromatic rings. The molecule has 3 fully saturated rings. The van der Waals surface area contributed by atoms with E-state index >= 15 is 0 Å². The van der Waals surface area contributed by atoms with Crippen molar-refractivity contribution in [2.24, 2.45) is 41.4 Å². The zero-order valence-corrected chi connectivity index (χ0v) is 26.0. The minimum absolute atomic E-state index is 0.289. The topological polar surface area (TPSA) is 9.23 Å². The molecule has 0 N–H and O–H groups in total. The summed E-state index contributed by atoms with van der Waals surface area (Å²) in [5, 5.41) is 0.289. The Morgan fingerprint density at radius 1 is 0.886 bits per heavy atom. The molecule has 3 saturated carbocycles. The lowest BCUT2D eigenvalue weighted by Gasteiger charge is -2.41. The predicted octanol–water partition coefficient (Wildman–Crippen LogP) is 10.4. The molecule has 0 heterocycles. The second-order valence-corrected chi connectivity index (χ2v) is 19.2. The maximum absolute atomic E-state index is 6.85. The SMILES string of the molecule is CC(C)[C@@H](C)/C=C/[C@@H](C)[C@H]1CC[C@H]2/C(=C/C=C3\C[C@@H](O[Si](C)(C)C(C)(C)C)CC[C@@H]3C)CCC[C@H]12. The first kappa shape index (κ1) is 29.0. The van der Waals surface area contributed by atoms with Crippen molar-refractivity contribution in [1.29, 1.82) is 0 Å². The van der Waals surface area contributed by atoms with Crippen LogP contribution < -0.4 is 0 Å². The fourth-order valence-electron chi connectivity index (χ4n) is 6.60. The van der Waals surface area contributed by atoms with Gasteiger partial charge < -0.3 is 4.43 Å². The van der Waals surface area contributed by atoms with E-state index in [1.807, 2.05) is 0 Å². The number of hydrogen-bond acceptors (Lipinski definition) is 1. The zero-order chi connectivity index (χ0) is 26.0. The summed E-state index contributed by atoms with van der Waals surface area (Å²) in [6.45, 7) is 23.9. The van der Waals surface area contributed by atoms with Gasteiger partial charge in [-0.15, -0.1) is 0 Å². The first-order valence-electron chi connectivity index (χ1n) is 15.1. The Labute approximate surface area is 220 Å². The van der Waals surface area contributed by atoms with E-state index in [0.717, 1.165) is 36.0 Å². The Hall–Kier alpha value is -0.603. The van der Waals surface area contributed by atoms with Crippen LogP contribution in [0.15, 0.2) is 35.5 Å². The molecule has 0 bridgehead atoms. The van der Waals surface area contributed by atoms with E-state index in [1.165, 1.54) is 44.9 Å². The molecule has 3 rings (SSSR count). The Morgan fingerprint density at radius 2 is 1.57 bits per heavy atom. The van der Waals surface area contributed by atoms with Crippen molar-refractivity contribution in [3.8, 4) is 0 Å². The van der Waals surface area contributed by atoms with Gasteiger partial charge in [-0.05, 0) is 111 Å². The third-order valence-electron chi connectivity index (χ3n) is 10.6. The van der Waals surface area contributed by atoms with Crippen LogP contribution in [0.5, 0.6) is 0 Å². The average molecular weight is 499 g/mol. The normalized spacial score (nSPS) is 34.7. The molecule has 0 amide bonds. The molecule has 0 saturated heterocycles. The second kappa shape index (κ2) is 11.8. The Bertz CT molecular complexity index is 779. The van der Waals surface area contributed by atoms with Crippen molar-refractivity contribution in [2.45, 2.75) is 131 Å². The first-order chi connectivity index (χ1) is 16.3. The molecule has 2 heteroatoms. The van der Waals surface area contributed by atoms with Crippen LogP contribution in [0, 0.1) is 41.4 Å². The Kier molecular flexibility index (Phi) is 9.80. The van der Waals surface area contributed by atoms with Gasteiger partial charge in [-0.2, -0.15) is 0 Å². The van der Waals surface area contributed by atoms with Crippen LogP contribution in [0.1, 0.15) is 107 Å². The maximum atomic E-state index is 6.85. The standard InChI is InChI=1S/C33H58OSi/c1-23(2)24(3)14-15-26(5)30-20-21-31-27(12-11-13-32(30)31)17-18-28-22-29(19-16-25(28)4)34-35(9,10)33(6,7)8/h14-15,17-18,23-26,29-32H,11-13,16,19-22H2,1-10H3/b15-14+,27-17+,28-18+/t24-,25-,26+,29-,30+,31-,32+/m0/s1. The van der Waals surface area contributed by atoms with Crippen LogP contribution in [0.4, 0.5) is 0 Å². The van der Waals surface area contributed by atoms with Crippen LogP contribution >= 0.6 is 0 Å². The van der Waals surface area contributed by atoms with Crippen molar-refractivity contribution in [3.05, 3.63) is 35.5 Å². The van der Waals surface area contributed by atoms with E-state index in [0.29, 0.717) is 17.9 Å². The van der Waals surface area contributed by atoms with E-state index in [4.69, 9.17) is 4.43 Å². The minimum Gasteiger partial charge on any atom is -0.414 e. The zero-order valence-electron chi connectivity index (χ0n) is 25.0. The molecule has 3 aliphatic carbocycles. The summed E-state index contributed by atoms with van der Waals surface area (Å²) in [5.74, 6) is 5.46. The lowest BCUT2D eigenvalue weighted by Crippen LogP contribution is -2.44. The van der Waals surface area contributed by atoms with Gasteiger partial charge in [0, 0.05) is 6.10 Å². The van der Waals surface area contributed by atoms with Crippen molar-refractivity contribution < 1.29 is 4.43 Å². The summed E-state index contributed by atoms with van der Waals surface area (Å²) in [6, 6.07) is 0. The first-order valence-corrected chi connectivity index (χ1v) is 18.0. The van der Waals surface area contributed by atoms with Gasteiger partial charge in [0.1, 0.15) is 0 Å². The largest absolute Gasteiger partial charge is 0.414 e. The summed E-state index contributed by atoms with van der Waals surface area (Å²) in [6.07, 6.45) is 21.3.